The van der Waals surface area contributed by atoms with Gasteiger partial charge in [0.2, 0.25) is 0 Å². The highest BCUT2D eigenvalue weighted by atomic mass is 32.1. The van der Waals surface area contributed by atoms with E-state index < -0.39 is 0 Å². The van der Waals surface area contributed by atoms with E-state index in [-0.39, 0.29) is 0 Å². The molecule has 1 aliphatic carbocycles. The standard InChI is InChI=1S/C12H18N2S/c1-8-11(6-9-4-5-13-7-9)14-12(15-8)10-2-3-10/h9-10,13H,2-7H2,1H3. The van der Waals surface area contributed by atoms with Crippen molar-refractivity contribution in [3.05, 3.63) is 15.6 Å². The number of nitrogens with one attached hydrogen (secondary N) is 1. The van der Waals surface area contributed by atoms with Crippen LogP contribution < -0.4 is 5.32 Å². The molecule has 1 saturated heterocycles. The van der Waals surface area contributed by atoms with Crippen LogP contribution in [0.4, 0.5) is 0 Å². The Bertz CT molecular complexity index is 349. The SMILES string of the molecule is Cc1sc(C2CC2)nc1CC1CCNC1. The van der Waals surface area contributed by atoms with Crippen molar-refractivity contribution < 1.29 is 0 Å². The summed E-state index contributed by atoms with van der Waals surface area (Å²) in [6, 6.07) is 0. The second-order valence-corrected chi connectivity index (χ2v) is 6.13. The van der Waals surface area contributed by atoms with Crippen molar-refractivity contribution in [1.82, 2.24) is 10.3 Å². The van der Waals surface area contributed by atoms with Gasteiger partial charge >= 0.3 is 0 Å². The molecule has 2 heterocycles. The van der Waals surface area contributed by atoms with Crippen LogP contribution in [0, 0.1) is 12.8 Å². The normalized spacial score (nSPS) is 26.1. The molecule has 3 heteroatoms. The molecule has 1 aromatic rings. The summed E-state index contributed by atoms with van der Waals surface area (Å²) in [5, 5.41) is 4.84. The molecule has 1 N–H and O–H groups in total. The van der Waals surface area contributed by atoms with Crippen LogP contribution in [-0.4, -0.2) is 18.1 Å². The highest BCUT2D eigenvalue weighted by molar-refractivity contribution is 7.11. The van der Waals surface area contributed by atoms with E-state index in [1.165, 1.54) is 54.4 Å². The maximum absolute atomic E-state index is 4.83. The molecule has 0 aromatic carbocycles. The zero-order valence-electron chi connectivity index (χ0n) is 9.25. The van der Waals surface area contributed by atoms with Gasteiger partial charge in [0.1, 0.15) is 0 Å². The van der Waals surface area contributed by atoms with Crippen LogP contribution in [0.1, 0.15) is 40.8 Å². The number of aromatic nitrogens is 1. The third-order valence-corrected chi connectivity index (χ3v) is 4.66. The molecule has 15 heavy (non-hydrogen) atoms. The number of thiazole rings is 1. The van der Waals surface area contributed by atoms with Gasteiger partial charge in [-0.15, -0.1) is 11.3 Å². The van der Waals surface area contributed by atoms with E-state index in [2.05, 4.69) is 12.2 Å². The molecule has 1 atom stereocenters. The van der Waals surface area contributed by atoms with Crippen LogP contribution in [-0.2, 0) is 6.42 Å². The van der Waals surface area contributed by atoms with E-state index in [9.17, 15) is 0 Å². The second-order valence-electron chi connectivity index (χ2n) is 4.89. The zero-order chi connectivity index (χ0) is 10.3. The largest absolute Gasteiger partial charge is 0.316 e. The van der Waals surface area contributed by atoms with Crippen molar-refractivity contribution >= 4 is 11.3 Å². The summed E-state index contributed by atoms with van der Waals surface area (Å²) in [5.41, 5.74) is 1.38. The minimum Gasteiger partial charge on any atom is -0.316 e. The predicted molar refractivity (Wildman–Crippen MR) is 63.5 cm³/mol. The van der Waals surface area contributed by atoms with Gasteiger partial charge in [-0.05, 0) is 51.6 Å². The number of aryl methyl sites for hydroxylation is 1. The molecule has 2 fully saturated rings. The quantitative estimate of drug-likeness (QED) is 0.850. The Morgan fingerprint density at radius 2 is 2.27 bits per heavy atom. The average molecular weight is 222 g/mol. The summed E-state index contributed by atoms with van der Waals surface area (Å²) in [4.78, 5) is 6.29. The van der Waals surface area contributed by atoms with E-state index in [0.29, 0.717) is 0 Å². The van der Waals surface area contributed by atoms with Gasteiger partial charge in [-0.25, -0.2) is 4.98 Å². The number of nitrogens with zero attached hydrogens (tertiary/aromatic N) is 1. The highest BCUT2D eigenvalue weighted by Gasteiger charge is 2.28. The van der Waals surface area contributed by atoms with Crippen molar-refractivity contribution in [1.29, 1.82) is 0 Å². The molecular formula is C12H18N2S. The van der Waals surface area contributed by atoms with Crippen LogP contribution >= 0.6 is 11.3 Å². The van der Waals surface area contributed by atoms with Gasteiger partial charge in [-0.3, -0.25) is 0 Å². The third kappa shape index (κ3) is 2.08. The molecule has 0 spiro atoms. The first-order chi connectivity index (χ1) is 7.33. The Balaban J connectivity index is 1.72. The van der Waals surface area contributed by atoms with Crippen molar-refractivity contribution in [2.45, 2.75) is 38.5 Å². The Morgan fingerprint density at radius 1 is 1.40 bits per heavy atom. The molecule has 2 aliphatic rings. The molecule has 1 unspecified atom stereocenters. The lowest BCUT2D eigenvalue weighted by Gasteiger charge is -2.05. The lowest BCUT2D eigenvalue weighted by molar-refractivity contribution is 0.571. The summed E-state index contributed by atoms with van der Waals surface area (Å²) in [5.74, 6) is 1.65. The molecule has 1 aromatic heterocycles. The minimum absolute atomic E-state index is 0.823. The second kappa shape index (κ2) is 3.87. The Morgan fingerprint density at radius 3 is 2.93 bits per heavy atom. The van der Waals surface area contributed by atoms with Crippen LogP contribution in [0.3, 0.4) is 0 Å². The molecule has 2 nitrogen and oxygen atoms in total. The van der Waals surface area contributed by atoms with Gasteiger partial charge in [0.15, 0.2) is 0 Å². The van der Waals surface area contributed by atoms with E-state index in [1.54, 1.807) is 0 Å². The minimum atomic E-state index is 0.823. The summed E-state index contributed by atoms with van der Waals surface area (Å²) < 4.78 is 0. The lowest BCUT2D eigenvalue weighted by atomic mass is 10.0. The maximum atomic E-state index is 4.83. The molecule has 0 amide bonds. The van der Waals surface area contributed by atoms with E-state index >= 15 is 0 Å². The summed E-state index contributed by atoms with van der Waals surface area (Å²) in [7, 11) is 0. The predicted octanol–water partition coefficient (Wildman–Crippen LogP) is 2.48. The number of hydrogen-bond donors (Lipinski definition) is 1. The van der Waals surface area contributed by atoms with Gasteiger partial charge < -0.3 is 5.32 Å². The van der Waals surface area contributed by atoms with Gasteiger partial charge in [0.05, 0.1) is 10.7 Å². The van der Waals surface area contributed by atoms with E-state index in [1.807, 2.05) is 11.3 Å². The smallest absolute Gasteiger partial charge is 0.0961 e. The maximum Gasteiger partial charge on any atom is 0.0961 e. The molecule has 0 bridgehead atoms. The first-order valence-corrected chi connectivity index (χ1v) is 6.81. The fourth-order valence-corrected chi connectivity index (χ4v) is 3.43. The fourth-order valence-electron chi connectivity index (χ4n) is 2.31. The van der Waals surface area contributed by atoms with Crippen LogP contribution in [0.25, 0.3) is 0 Å². The van der Waals surface area contributed by atoms with Crippen molar-refractivity contribution in [2.24, 2.45) is 5.92 Å². The molecule has 3 rings (SSSR count). The number of rotatable bonds is 3. The third-order valence-electron chi connectivity index (χ3n) is 3.48. The van der Waals surface area contributed by atoms with Gasteiger partial charge in [-0.2, -0.15) is 0 Å². The number of hydrogen-bond acceptors (Lipinski definition) is 3. The van der Waals surface area contributed by atoms with Crippen LogP contribution in [0.15, 0.2) is 0 Å². The summed E-state index contributed by atoms with van der Waals surface area (Å²) in [6.45, 7) is 4.63. The van der Waals surface area contributed by atoms with Crippen molar-refractivity contribution in [3.63, 3.8) is 0 Å². The average Bonchev–Trinajstić information content (AvgIpc) is 2.84. The van der Waals surface area contributed by atoms with Crippen LogP contribution in [0.2, 0.25) is 0 Å². The molecule has 82 valence electrons. The van der Waals surface area contributed by atoms with Gasteiger partial charge in [0.25, 0.3) is 0 Å². The molecule has 0 radical (unpaired) electrons. The monoisotopic (exact) mass is 222 g/mol. The molecular weight excluding hydrogens is 204 g/mol. The Kier molecular flexibility index (Phi) is 2.53. The Labute approximate surface area is 95.1 Å². The molecule has 1 aliphatic heterocycles. The first kappa shape index (κ1) is 9.79. The van der Waals surface area contributed by atoms with Gasteiger partial charge in [-0.1, -0.05) is 0 Å². The molecule has 1 saturated carbocycles. The first-order valence-electron chi connectivity index (χ1n) is 6.00. The summed E-state index contributed by atoms with van der Waals surface area (Å²) in [6.07, 6.45) is 5.27. The van der Waals surface area contributed by atoms with Crippen LogP contribution in [0.5, 0.6) is 0 Å². The lowest BCUT2D eigenvalue weighted by Crippen LogP contribution is -2.11. The van der Waals surface area contributed by atoms with Crippen molar-refractivity contribution in [2.75, 3.05) is 13.1 Å². The Hall–Kier alpha value is -0.410. The van der Waals surface area contributed by atoms with E-state index in [0.717, 1.165) is 11.8 Å². The van der Waals surface area contributed by atoms with Crippen molar-refractivity contribution in [3.8, 4) is 0 Å². The van der Waals surface area contributed by atoms with E-state index in [4.69, 9.17) is 4.98 Å². The van der Waals surface area contributed by atoms with Gasteiger partial charge in [0, 0.05) is 10.8 Å². The summed E-state index contributed by atoms with van der Waals surface area (Å²) >= 11 is 1.94. The zero-order valence-corrected chi connectivity index (χ0v) is 10.1. The topological polar surface area (TPSA) is 24.9 Å². The highest BCUT2D eigenvalue weighted by Crippen LogP contribution is 2.42. The fraction of sp³-hybridized carbons (Fsp3) is 0.750.